The second-order valence-corrected chi connectivity index (χ2v) is 6.46. The number of aromatic nitrogens is 1. The van der Waals surface area contributed by atoms with Gasteiger partial charge in [-0.2, -0.15) is 0 Å². The van der Waals surface area contributed by atoms with E-state index in [9.17, 15) is 4.79 Å². The number of rotatable bonds is 4. The van der Waals surface area contributed by atoms with Crippen molar-refractivity contribution < 1.29 is 9.21 Å². The SMILES string of the molecule is Cc1ccc(Sc2oc(-c3ccc(C)cc3)nc2C(=O)NN)cc1. The van der Waals surface area contributed by atoms with Crippen molar-refractivity contribution in [3.8, 4) is 11.5 Å². The molecule has 5 nitrogen and oxygen atoms in total. The zero-order chi connectivity index (χ0) is 17.1. The normalized spacial score (nSPS) is 10.6. The van der Waals surface area contributed by atoms with Crippen molar-refractivity contribution in [3.05, 3.63) is 65.4 Å². The molecule has 0 atom stereocenters. The highest BCUT2D eigenvalue weighted by Crippen LogP contribution is 2.34. The predicted molar refractivity (Wildman–Crippen MR) is 93.6 cm³/mol. The lowest BCUT2D eigenvalue weighted by Gasteiger charge is -2.01. The Morgan fingerprint density at radius 2 is 1.62 bits per heavy atom. The molecule has 24 heavy (non-hydrogen) atoms. The number of hydrogen-bond acceptors (Lipinski definition) is 5. The van der Waals surface area contributed by atoms with E-state index < -0.39 is 5.91 Å². The van der Waals surface area contributed by atoms with Crippen LogP contribution in [0.25, 0.3) is 11.5 Å². The van der Waals surface area contributed by atoms with Gasteiger partial charge in [-0.25, -0.2) is 10.8 Å². The molecule has 0 spiro atoms. The molecule has 0 unspecified atom stereocenters. The molecule has 0 saturated carbocycles. The Morgan fingerprint density at radius 3 is 2.21 bits per heavy atom. The summed E-state index contributed by atoms with van der Waals surface area (Å²) in [5, 5.41) is 0.414. The quantitative estimate of drug-likeness (QED) is 0.430. The summed E-state index contributed by atoms with van der Waals surface area (Å²) in [6, 6.07) is 15.7. The highest BCUT2D eigenvalue weighted by atomic mass is 32.2. The molecule has 1 heterocycles. The van der Waals surface area contributed by atoms with E-state index in [1.54, 1.807) is 0 Å². The van der Waals surface area contributed by atoms with Gasteiger partial charge in [-0.1, -0.05) is 35.4 Å². The molecule has 3 rings (SSSR count). The Balaban J connectivity index is 1.98. The van der Waals surface area contributed by atoms with Gasteiger partial charge in [-0.05, 0) is 49.9 Å². The molecular formula is C18H17N3O2S. The number of benzene rings is 2. The van der Waals surface area contributed by atoms with Crippen molar-refractivity contribution in [1.82, 2.24) is 10.4 Å². The topological polar surface area (TPSA) is 81.2 Å². The number of nitrogen functional groups attached to an aromatic ring is 1. The van der Waals surface area contributed by atoms with Crippen LogP contribution in [0.5, 0.6) is 0 Å². The Kier molecular flexibility index (Phi) is 4.69. The first-order valence-electron chi connectivity index (χ1n) is 7.40. The van der Waals surface area contributed by atoms with Crippen molar-refractivity contribution in [1.29, 1.82) is 0 Å². The van der Waals surface area contributed by atoms with Crippen molar-refractivity contribution in [3.63, 3.8) is 0 Å². The van der Waals surface area contributed by atoms with Crippen LogP contribution in [-0.4, -0.2) is 10.9 Å². The van der Waals surface area contributed by atoms with Crippen LogP contribution in [0.15, 0.2) is 62.9 Å². The molecule has 0 saturated heterocycles. The number of carbonyl (C=O) groups excluding carboxylic acids is 1. The second-order valence-electron chi connectivity index (χ2n) is 5.41. The maximum absolute atomic E-state index is 12.0. The second kappa shape index (κ2) is 6.90. The first kappa shape index (κ1) is 16.3. The van der Waals surface area contributed by atoms with Crippen molar-refractivity contribution >= 4 is 17.7 Å². The van der Waals surface area contributed by atoms with E-state index in [-0.39, 0.29) is 5.69 Å². The maximum atomic E-state index is 12.0. The molecule has 0 fully saturated rings. The van der Waals surface area contributed by atoms with Crippen molar-refractivity contribution in [2.75, 3.05) is 0 Å². The highest BCUT2D eigenvalue weighted by molar-refractivity contribution is 7.99. The number of amides is 1. The predicted octanol–water partition coefficient (Wildman–Crippen LogP) is 3.71. The monoisotopic (exact) mass is 339 g/mol. The van der Waals surface area contributed by atoms with Gasteiger partial charge in [0.15, 0.2) is 10.8 Å². The standard InChI is InChI=1S/C18H17N3O2S/c1-11-3-7-13(8-4-11)17-20-15(16(22)21-19)18(23-17)24-14-9-5-12(2)6-10-14/h3-10H,19H2,1-2H3,(H,21,22). The Morgan fingerprint density at radius 1 is 1.04 bits per heavy atom. The van der Waals surface area contributed by atoms with E-state index >= 15 is 0 Å². The minimum atomic E-state index is -0.480. The van der Waals surface area contributed by atoms with E-state index in [1.165, 1.54) is 11.8 Å². The van der Waals surface area contributed by atoms with Crippen LogP contribution in [0.3, 0.4) is 0 Å². The van der Waals surface area contributed by atoms with Gasteiger partial charge in [-0.3, -0.25) is 10.2 Å². The van der Waals surface area contributed by atoms with Crippen LogP contribution in [0, 0.1) is 13.8 Å². The van der Waals surface area contributed by atoms with Crippen LogP contribution in [0.2, 0.25) is 0 Å². The molecule has 3 aromatic rings. The number of carbonyl (C=O) groups is 1. The lowest BCUT2D eigenvalue weighted by molar-refractivity contribution is 0.0944. The third-order valence-electron chi connectivity index (χ3n) is 3.47. The molecule has 0 aliphatic heterocycles. The van der Waals surface area contributed by atoms with Gasteiger partial charge in [0.2, 0.25) is 5.89 Å². The van der Waals surface area contributed by atoms with Crippen LogP contribution < -0.4 is 11.3 Å². The number of nitrogens with zero attached hydrogens (tertiary/aromatic N) is 1. The largest absolute Gasteiger partial charge is 0.429 e. The summed E-state index contributed by atoms with van der Waals surface area (Å²) in [7, 11) is 0. The first-order chi connectivity index (χ1) is 11.6. The molecule has 2 aromatic carbocycles. The summed E-state index contributed by atoms with van der Waals surface area (Å²) in [6.07, 6.45) is 0. The van der Waals surface area contributed by atoms with Crippen LogP contribution in [0.1, 0.15) is 21.6 Å². The highest BCUT2D eigenvalue weighted by Gasteiger charge is 2.21. The average molecular weight is 339 g/mol. The Labute approximate surface area is 144 Å². The number of nitrogens with one attached hydrogen (secondary N) is 1. The third kappa shape index (κ3) is 3.50. The lowest BCUT2D eigenvalue weighted by Crippen LogP contribution is -2.30. The van der Waals surface area contributed by atoms with Gasteiger partial charge in [-0.15, -0.1) is 0 Å². The van der Waals surface area contributed by atoms with Crippen LogP contribution in [0.4, 0.5) is 0 Å². The molecule has 122 valence electrons. The summed E-state index contributed by atoms with van der Waals surface area (Å²) in [5.74, 6) is 5.18. The van der Waals surface area contributed by atoms with Gasteiger partial charge in [0.05, 0.1) is 0 Å². The molecule has 0 aliphatic rings. The zero-order valence-corrected chi connectivity index (χ0v) is 14.2. The summed E-state index contributed by atoms with van der Waals surface area (Å²) in [6.45, 7) is 4.02. The maximum Gasteiger partial charge on any atom is 0.288 e. The fourth-order valence-corrected chi connectivity index (χ4v) is 2.96. The number of oxazole rings is 1. The molecule has 1 amide bonds. The minimum absolute atomic E-state index is 0.179. The van der Waals surface area contributed by atoms with E-state index in [2.05, 4.69) is 10.4 Å². The van der Waals surface area contributed by atoms with E-state index in [1.807, 2.05) is 62.4 Å². The zero-order valence-electron chi connectivity index (χ0n) is 13.4. The van der Waals surface area contributed by atoms with E-state index in [4.69, 9.17) is 10.3 Å². The van der Waals surface area contributed by atoms with Crippen molar-refractivity contribution in [2.24, 2.45) is 5.84 Å². The lowest BCUT2D eigenvalue weighted by atomic mass is 10.1. The average Bonchev–Trinajstić information content (AvgIpc) is 3.00. The smallest absolute Gasteiger partial charge is 0.288 e. The van der Waals surface area contributed by atoms with Crippen LogP contribution in [-0.2, 0) is 0 Å². The summed E-state index contributed by atoms with van der Waals surface area (Å²) in [5.41, 5.74) is 5.41. The fourth-order valence-electron chi connectivity index (χ4n) is 2.12. The first-order valence-corrected chi connectivity index (χ1v) is 8.22. The van der Waals surface area contributed by atoms with E-state index in [0.717, 1.165) is 21.6 Å². The molecule has 1 aromatic heterocycles. The number of nitrogens with two attached hydrogens (primary N) is 1. The van der Waals surface area contributed by atoms with Gasteiger partial charge >= 0.3 is 0 Å². The van der Waals surface area contributed by atoms with E-state index in [0.29, 0.717) is 11.0 Å². The van der Waals surface area contributed by atoms with Crippen molar-refractivity contribution in [2.45, 2.75) is 23.8 Å². The van der Waals surface area contributed by atoms with Gasteiger partial charge in [0.1, 0.15) is 0 Å². The molecule has 0 aliphatic carbocycles. The molecule has 3 N–H and O–H groups in total. The number of aryl methyl sites for hydroxylation is 2. The molecule has 6 heteroatoms. The fraction of sp³-hybridized carbons (Fsp3) is 0.111. The van der Waals surface area contributed by atoms with Gasteiger partial charge in [0.25, 0.3) is 5.91 Å². The summed E-state index contributed by atoms with van der Waals surface area (Å²) in [4.78, 5) is 17.3. The molecular weight excluding hydrogens is 322 g/mol. The van der Waals surface area contributed by atoms with Gasteiger partial charge in [0, 0.05) is 10.5 Å². The summed E-state index contributed by atoms with van der Waals surface area (Å²) < 4.78 is 5.83. The molecule has 0 bridgehead atoms. The Hall–Kier alpha value is -2.57. The van der Waals surface area contributed by atoms with Gasteiger partial charge < -0.3 is 4.42 Å². The summed E-state index contributed by atoms with van der Waals surface area (Å²) >= 11 is 1.34. The van der Waals surface area contributed by atoms with Crippen LogP contribution >= 0.6 is 11.8 Å². The minimum Gasteiger partial charge on any atom is -0.429 e. The molecule has 0 radical (unpaired) electrons. The third-order valence-corrected chi connectivity index (χ3v) is 4.44. The number of hydrazine groups is 1. The number of hydrogen-bond donors (Lipinski definition) is 2. The Bertz CT molecular complexity index is 855.